The minimum Gasteiger partial charge on any atom is -0.390 e. The van der Waals surface area contributed by atoms with Gasteiger partial charge < -0.3 is 5.11 Å². The predicted molar refractivity (Wildman–Crippen MR) is 86.9 cm³/mol. The molecule has 7 heteroatoms. The highest BCUT2D eigenvalue weighted by Gasteiger charge is 2.25. The third-order valence-electron chi connectivity index (χ3n) is 4.50. The number of likely N-dealkylation sites (tertiary alicyclic amines) is 1. The second kappa shape index (κ2) is 7.23. The van der Waals surface area contributed by atoms with Crippen molar-refractivity contribution in [3.63, 3.8) is 0 Å². The van der Waals surface area contributed by atoms with Gasteiger partial charge in [0.05, 0.1) is 19.2 Å². The third-order valence-corrected chi connectivity index (χ3v) is 4.50. The van der Waals surface area contributed by atoms with Crippen molar-refractivity contribution in [1.82, 2.24) is 29.4 Å². The lowest BCUT2D eigenvalue weighted by atomic mass is 10.0. The molecular weight excluding hydrogens is 292 g/mol. The molecule has 1 aliphatic rings. The predicted octanol–water partition coefficient (Wildman–Crippen LogP) is 1.01. The summed E-state index contributed by atoms with van der Waals surface area (Å²) < 4.78 is 3.78. The van der Waals surface area contributed by atoms with Crippen LogP contribution >= 0.6 is 0 Å². The first-order chi connectivity index (χ1) is 11.1. The van der Waals surface area contributed by atoms with Crippen molar-refractivity contribution in [3.8, 4) is 0 Å². The SMILES string of the molecule is Cc1nc(C)n(C[C@@H]2CCCCN2C[C@H](O)Cn2cccn2)n1. The van der Waals surface area contributed by atoms with Crippen molar-refractivity contribution >= 4 is 0 Å². The van der Waals surface area contributed by atoms with Crippen LogP contribution in [0.1, 0.15) is 30.9 Å². The average molecular weight is 318 g/mol. The number of aryl methyl sites for hydroxylation is 2. The van der Waals surface area contributed by atoms with Crippen molar-refractivity contribution < 1.29 is 5.11 Å². The van der Waals surface area contributed by atoms with Gasteiger partial charge in [-0.05, 0) is 39.3 Å². The van der Waals surface area contributed by atoms with Gasteiger partial charge >= 0.3 is 0 Å². The fraction of sp³-hybridized carbons (Fsp3) is 0.688. The highest BCUT2D eigenvalue weighted by atomic mass is 16.3. The monoisotopic (exact) mass is 318 g/mol. The van der Waals surface area contributed by atoms with Crippen LogP contribution in [0.4, 0.5) is 0 Å². The zero-order chi connectivity index (χ0) is 16.2. The number of hydrogen-bond acceptors (Lipinski definition) is 5. The summed E-state index contributed by atoms with van der Waals surface area (Å²) in [4.78, 5) is 6.78. The standard InChI is InChI=1S/C16H26N6O/c1-13-18-14(2)22(19-13)10-15-6-3-4-8-20(15)11-16(23)12-21-9-5-7-17-21/h5,7,9,15-16,23H,3-4,6,8,10-12H2,1-2H3/t15-,16-/m0/s1. The summed E-state index contributed by atoms with van der Waals surface area (Å²) in [6.45, 7) is 7.03. The number of hydrogen-bond donors (Lipinski definition) is 1. The Kier molecular flexibility index (Phi) is 5.07. The molecule has 2 atom stereocenters. The fourth-order valence-corrected chi connectivity index (χ4v) is 3.39. The molecule has 1 saturated heterocycles. The maximum atomic E-state index is 10.4. The quantitative estimate of drug-likeness (QED) is 0.860. The van der Waals surface area contributed by atoms with E-state index in [0.29, 0.717) is 19.1 Å². The molecule has 0 bridgehead atoms. The van der Waals surface area contributed by atoms with Crippen LogP contribution in [-0.2, 0) is 13.1 Å². The van der Waals surface area contributed by atoms with E-state index < -0.39 is 6.10 Å². The van der Waals surface area contributed by atoms with E-state index in [2.05, 4.69) is 20.1 Å². The van der Waals surface area contributed by atoms with E-state index >= 15 is 0 Å². The lowest BCUT2D eigenvalue weighted by molar-refractivity contribution is 0.0493. The van der Waals surface area contributed by atoms with E-state index in [1.54, 1.807) is 10.9 Å². The Morgan fingerprint density at radius 2 is 2.17 bits per heavy atom. The van der Waals surface area contributed by atoms with Crippen LogP contribution in [-0.4, -0.2) is 59.8 Å². The van der Waals surface area contributed by atoms with Crippen LogP contribution in [0.5, 0.6) is 0 Å². The molecule has 0 unspecified atom stereocenters. The van der Waals surface area contributed by atoms with Gasteiger partial charge in [0.25, 0.3) is 0 Å². The van der Waals surface area contributed by atoms with Crippen LogP contribution < -0.4 is 0 Å². The molecular formula is C16H26N6O. The van der Waals surface area contributed by atoms with Gasteiger partial charge in [-0.3, -0.25) is 9.58 Å². The Hall–Kier alpha value is -1.73. The van der Waals surface area contributed by atoms with E-state index in [0.717, 1.165) is 31.2 Å². The maximum Gasteiger partial charge on any atom is 0.147 e. The number of aliphatic hydroxyl groups excluding tert-OH is 1. The Morgan fingerprint density at radius 1 is 1.30 bits per heavy atom. The summed E-state index contributed by atoms with van der Waals surface area (Å²) in [6, 6.07) is 2.29. The first-order valence-electron chi connectivity index (χ1n) is 8.39. The highest BCUT2D eigenvalue weighted by molar-refractivity contribution is 4.90. The Morgan fingerprint density at radius 3 is 2.87 bits per heavy atom. The largest absolute Gasteiger partial charge is 0.390 e. The highest BCUT2D eigenvalue weighted by Crippen LogP contribution is 2.19. The third kappa shape index (κ3) is 4.17. The number of aromatic nitrogens is 5. The van der Waals surface area contributed by atoms with E-state index in [1.165, 1.54) is 12.8 Å². The minimum absolute atomic E-state index is 0.408. The van der Waals surface area contributed by atoms with Crippen LogP contribution in [0.25, 0.3) is 0 Å². The van der Waals surface area contributed by atoms with E-state index in [1.807, 2.05) is 30.8 Å². The first-order valence-corrected chi connectivity index (χ1v) is 8.39. The Labute approximate surface area is 136 Å². The minimum atomic E-state index is -0.408. The van der Waals surface area contributed by atoms with Crippen molar-refractivity contribution in [2.24, 2.45) is 0 Å². The van der Waals surface area contributed by atoms with Gasteiger partial charge in [0.2, 0.25) is 0 Å². The smallest absolute Gasteiger partial charge is 0.147 e. The Balaban J connectivity index is 1.60. The molecule has 3 heterocycles. The second-order valence-corrected chi connectivity index (χ2v) is 6.41. The molecule has 1 N–H and O–H groups in total. The van der Waals surface area contributed by atoms with Crippen molar-refractivity contribution in [2.45, 2.75) is 58.3 Å². The summed E-state index contributed by atoms with van der Waals surface area (Å²) in [7, 11) is 0. The molecule has 0 amide bonds. The molecule has 7 nitrogen and oxygen atoms in total. The molecule has 23 heavy (non-hydrogen) atoms. The van der Waals surface area contributed by atoms with Gasteiger partial charge in [-0.2, -0.15) is 10.2 Å². The number of aliphatic hydroxyl groups is 1. The number of β-amino-alcohol motifs (C(OH)–C–C–N with tert-alkyl or cyclic N) is 1. The van der Waals surface area contributed by atoms with Gasteiger partial charge in [0.15, 0.2) is 0 Å². The van der Waals surface area contributed by atoms with Crippen molar-refractivity contribution in [3.05, 3.63) is 30.1 Å². The molecule has 2 aromatic heterocycles. The summed E-state index contributed by atoms with van der Waals surface area (Å²) >= 11 is 0. The summed E-state index contributed by atoms with van der Waals surface area (Å²) in [6.07, 6.45) is 6.80. The second-order valence-electron chi connectivity index (χ2n) is 6.41. The molecule has 0 saturated carbocycles. The lowest BCUT2D eigenvalue weighted by Crippen LogP contribution is -2.46. The molecule has 2 aromatic rings. The molecule has 0 radical (unpaired) electrons. The van der Waals surface area contributed by atoms with Gasteiger partial charge in [-0.15, -0.1) is 0 Å². The van der Waals surface area contributed by atoms with E-state index in [4.69, 9.17) is 0 Å². The molecule has 3 rings (SSSR count). The van der Waals surface area contributed by atoms with Gasteiger partial charge in [0.1, 0.15) is 11.6 Å². The molecule has 126 valence electrons. The van der Waals surface area contributed by atoms with Crippen molar-refractivity contribution in [1.29, 1.82) is 0 Å². The van der Waals surface area contributed by atoms with Crippen LogP contribution in [0, 0.1) is 13.8 Å². The maximum absolute atomic E-state index is 10.4. The molecule has 1 fully saturated rings. The lowest BCUT2D eigenvalue weighted by Gasteiger charge is -2.36. The van der Waals surface area contributed by atoms with Crippen molar-refractivity contribution in [2.75, 3.05) is 13.1 Å². The zero-order valence-electron chi connectivity index (χ0n) is 14.0. The summed E-state index contributed by atoms with van der Waals surface area (Å²) in [5, 5.41) is 19.0. The number of piperidine rings is 1. The molecule has 1 aliphatic heterocycles. The first kappa shape index (κ1) is 16.1. The topological polar surface area (TPSA) is 72.0 Å². The van der Waals surface area contributed by atoms with Crippen LogP contribution in [0.2, 0.25) is 0 Å². The Bertz CT molecular complexity index is 608. The molecule has 0 aliphatic carbocycles. The van der Waals surface area contributed by atoms with Gasteiger partial charge in [0, 0.05) is 25.0 Å². The van der Waals surface area contributed by atoms with Gasteiger partial charge in [-0.25, -0.2) is 9.67 Å². The van der Waals surface area contributed by atoms with Gasteiger partial charge in [-0.1, -0.05) is 6.42 Å². The normalized spacial score (nSPS) is 20.7. The van der Waals surface area contributed by atoms with Crippen LogP contribution in [0.3, 0.4) is 0 Å². The number of nitrogens with zero attached hydrogens (tertiary/aromatic N) is 6. The summed E-state index contributed by atoms with van der Waals surface area (Å²) in [5.41, 5.74) is 0. The summed E-state index contributed by atoms with van der Waals surface area (Å²) in [5.74, 6) is 1.79. The molecule has 0 aromatic carbocycles. The van der Waals surface area contributed by atoms with Crippen LogP contribution in [0.15, 0.2) is 18.5 Å². The molecule has 0 spiro atoms. The van der Waals surface area contributed by atoms with E-state index in [-0.39, 0.29) is 0 Å². The zero-order valence-corrected chi connectivity index (χ0v) is 14.0. The fourth-order valence-electron chi connectivity index (χ4n) is 3.39. The average Bonchev–Trinajstić information content (AvgIpc) is 3.11. The number of rotatable bonds is 6. The van der Waals surface area contributed by atoms with E-state index in [9.17, 15) is 5.11 Å².